The second-order valence-electron chi connectivity index (χ2n) is 6.49. The highest BCUT2D eigenvalue weighted by atomic mass is 16.5. The van der Waals surface area contributed by atoms with Crippen LogP contribution in [-0.4, -0.2) is 61.6 Å². The van der Waals surface area contributed by atoms with Crippen LogP contribution in [0.25, 0.3) is 0 Å². The van der Waals surface area contributed by atoms with Crippen molar-refractivity contribution in [3.05, 3.63) is 48.6 Å². The van der Waals surface area contributed by atoms with Crippen LogP contribution in [0.1, 0.15) is 17.9 Å². The Labute approximate surface area is 138 Å². The lowest BCUT2D eigenvalue weighted by atomic mass is 9.83. The van der Waals surface area contributed by atoms with Gasteiger partial charge >= 0.3 is 0 Å². The van der Waals surface area contributed by atoms with Crippen LogP contribution in [0.3, 0.4) is 0 Å². The number of benzene rings is 1. The summed E-state index contributed by atoms with van der Waals surface area (Å²) < 4.78 is 5.37. The number of carbonyl (C=O) groups excluding carboxylic acids is 1. The van der Waals surface area contributed by atoms with Crippen molar-refractivity contribution in [1.29, 1.82) is 0 Å². The highest BCUT2D eigenvalue weighted by Crippen LogP contribution is 2.31. The Kier molecular flexibility index (Phi) is 5.47. The first-order valence-corrected chi connectivity index (χ1v) is 8.52. The molecule has 2 atom stereocenters. The van der Waals surface area contributed by atoms with Gasteiger partial charge in [0.1, 0.15) is 0 Å². The average Bonchev–Trinajstić information content (AvgIpc) is 2.62. The molecule has 4 nitrogen and oxygen atoms in total. The Hall–Kier alpha value is -1.65. The van der Waals surface area contributed by atoms with Crippen LogP contribution >= 0.6 is 0 Å². The van der Waals surface area contributed by atoms with Gasteiger partial charge in [-0.2, -0.15) is 0 Å². The molecule has 124 valence electrons. The lowest BCUT2D eigenvalue weighted by molar-refractivity contribution is -0.141. The highest BCUT2D eigenvalue weighted by molar-refractivity contribution is 5.79. The number of rotatable bonds is 4. The van der Waals surface area contributed by atoms with Gasteiger partial charge in [-0.3, -0.25) is 9.69 Å². The van der Waals surface area contributed by atoms with Crippen molar-refractivity contribution in [3.8, 4) is 0 Å². The number of hydrogen-bond donors (Lipinski definition) is 0. The fourth-order valence-electron chi connectivity index (χ4n) is 3.71. The van der Waals surface area contributed by atoms with Crippen LogP contribution in [0.4, 0.5) is 0 Å². The smallest absolute Gasteiger partial charge is 0.227 e. The zero-order chi connectivity index (χ0) is 16.1. The Balaban J connectivity index is 1.73. The van der Waals surface area contributed by atoms with Gasteiger partial charge in [-0.05, 0) is 17.9 Å². The zero-order valence-corrected chi connectivity index (χ0v) is 13.7. The molecule has 2 unspecified atom stereocenters. The summed E-state index contributed by atoms with van der Waals surface area (Å²) in [6.45, 7) is 9.33. The molecule has 4 heteroatoms. The van der Waals surface area contributed by atoms with E-state index in [1.165, 1.54) is 5.56 Å². The van der Waals surface area contributed by atoms with E-state index in [0.717, 1.165) is 39.1 Å². The van der Waals surface area contributed by atoms with Crippen LogP contribution in [0.2, 0.25) is 0 Å². The van der Waals surface area contributed by atoms with Gasteiger partial charge in [-0.1, -0.05) is 36.4 Å². The van der Waals surface area contributed by atoms with Gasteiger partial charge in [0.15, 0.2) is 0 Å². The van der Waals surface area contributed by atoms with Crippen molar-refractivity contribution in [3.63, 3.8) is 0 Å². The molecule has 2 saturated heterocycles. The average molecular weight is 314 g/mol. The molecular weight excluding hydrogens is 288 g/mol. The SMILES string of the molecule is C=CCN1CC(C(=O)N2CCOCC2)CC(c2ccccc2)C1. The van der Waals surface area contributed by atoms with Crippen molar-refractivity contribution < 1.29 is 9.53 Å². The minimum atomic E-state index is 0.0759. The van der Waals surface area contributed by atoms with Gasteiger partial charge in [0.25, 0.3) is 0 Å². The third-order valence-electron chi connectivity index (χ3n) is 4.86. The molecule has 23 heavy (non-hydrogen) atoms. The first kappa shape index (κ1) is 16.2. The fraction of sp³-hybridized carbons (Fsp3) is 0.526. The maximum absolute atomic E-state index is 12.9. The number of carbonyl (C=O) groups is 1. The van der Waals surface area contributed by atoms with Crippen molar-refractivity contribution in [2.75, 3.05) is 45.9 Å². The quantitative estimate of drug-likeness (QED) is 0.798. The summed E-state index contributed by atoms with van der Waals surface area (Å²) in [7, 11) is 0. The van der Waals surface area contributed by atoms with Crippen molar-refractivity contribution in [2.24, 2.45) is 5.92 Å². The molecule has 0 radical (unpaired) electrons. The van der Waals surface area contributed by atoms with E-state index >= 15 is 0 Å². The molecule has 0 spiro atoms. The number of amides is 1. The van der Waals surface area contributed by atoms with Crippen LogP contribution in [0.15, 0.2) is 43.0 Å². The third-order valence-corrected chi connectivity index (χ3v) is 4.86. The van der Waals surface area contributed by atoms with E-state index < -0.39 is 0 Å². The summed E-state index contributed by atoms with van der Waals surface area (Å²) in [5.74, 6) is 0.787. The van der Waals surface area contributed by atoms with Gasteiger partial charge < -0.3 is 9.64 Å². The predicted octanol–water partition coefficient (Wildman–Crippen LogP) is 2.14. The van der Waals surface area contributed by atoms with Crippen LogP contribution < -0.4 is 0 Å². The van der Waals surface area contributed by atoms with Gasteiger partial charge in [0.05, 0.1) is 19.1 Å². The van der Waals surface area contributed by atoms with Gasteiger partial charge in [0.2, 0.25) is 5.91 Å². The minimum absolute atomic E-state index is 0.0759. The molecular formula is C19H26N2O2. The van der Waals surface area contributed by atoms with E-state index in [2.05, 4.69) is 35.7 Å². The van der Waals surface area contributed by atoms with Gasteiger partial charge in [-0.15, -0.1) is 6.58 Å². The topological polar surface area (TPSA) is 32.8 Å². The van der Waals surface area contributed by atoms with E-state index in [4.69, 9.17) is 4.74 Å². The second kappa shape index (κ2) is 7.75. The normalized spacial score (nSPS) is 26.0. The molecule has 0 N–H and O–H groups in total. The number of ether oxygens (including phenoxy) is 1. The monoisotopic (exact) mass is 314 g/mol. The molecule has 1 amide bonds. The summed E-state index contributed by atoms with van der Waals surface area (Å²) in [4.78, 5) is 17.2. The highest BCUT2D eigenvalue weighted by Gasteiger charge is 2.34. The molecule has 0 aliphatic carbocycles. The van der Waals surface area contributed by atoms with Crippen molar-refractivity contribution in [2.45, 2.75) is 12.3 Å². The molecule has 3 rings (SSSR count). The maximum Gasteiger partial charge on any atom is 0.227 e. The maximum atomic E-state index is 12.9. The number of hydrogen-bond acceptors (Lipinski definition) is 3. The molecule has 0 saturated carbocycles. The predicted molar refractivity (Wildman–Crippen MR) is 91.3 cm³/mol. The minimum Gasteiger partial charge on any atom is -0.378 e. The van der Waals surface area contributed by atoms with Gasteiger partial charge in [-0.25, -0.2) is 0 Å². The largest absolute Gasteiger partial charge is 0.378 e. The van der Waals surface area contributed by atoms with E-state index in [9.17, 15) is 4.79 Å². The molecule has 0 bridgehead atoms. The molecule has 2 aliphatic rings. The molecule has 2 aliphatic heterocycles. The third kappa shape index (κ3) is 4.01. The summed E-state index contributed by atoms with van der Waals surface area (Å²) in [5.41, 5.74) is 1.33. The summed E-state index contributed by atoms with van der Waals surface area (Å²) in [6.07, 6.45) is 2.87. The fourth-order valence-corrected chi connectivity index (χ4v) is 3.71. The number of nitrogens with zero attached hydrogens (tertiary/aromatic N) is 2. The first-order chi connectivity index (χ1) is 11.3. The Bertz CT molecular complexity index is 525. The Morgan fingerprint density at radius 2 is 1.96 bits per heavy atom. The van der Waals surface area contributed by atoms with E-state index in [0.29, 0.717) is 25.0 Å². The lowest BCUT2D eigenvalue weighted by Crippen LogP contribution is -2.49. The standard InChI is InChI=1S/C19H26N2O2/c1-2-8-20-14-17(16-6-4-3-5-7-16)13-18(15-20)19(22)21-9-11-23-12-10-21/h2-7,17-18H,1,8-15H2. The lowest BCUT2D eigenvalue weighted by Gasteiger charge is -2.39. The van der Waals surface area contributed by atoms with E-state index in [1.807, 2.05) is 17.0 Å². The van der Waals surface area contributed by atoms with Crippen LogP contribution in [0, 0.1) is 5.92 Å². The molecule has 2 heterocycles. The molecule has 1 aromatic rings. The molecule has 0 aromatic heterocycles. The summed E-state index contributed by atoms with van der Waals surface area (Å²) in [5, 5.41) is 0. The van der Waals surface area contributed by atoms with Crippen LogP contribution in [-0.2, 0) is 9.53 Å². The number of piperidine rings is 1. The second-order valence-corrected chi connectivity index (χ2v) is 6.49. The zero-order valence-electron chi connectivity index (χ0n) is 13.7. The van der Waals surface area contributed by atoms with Gasteiger partial charge in [0, 0.05) is 32.7 Å². The summed E-state index contributed by atoms with van der Waals surface area (Å²) >= 11 is 0. The van der Waals surface area contributed by atoms with Crippen LogP contribution in [0.5, 0.6) is 0 Å². The number of likely N-dealkylation sites (tertiary alicyclic amines) is 1. The Morgan fingerprint density at radius 3 is 2.65 bits per heavy atom. The van der Waals surface area contributed by atoms with E-state index in [1.54, 1.807) is 0 Å². The summed E-state index contributed by atoms with van der Waals surface area (Å²) in [6, 6.07) is 10.6. The molecule has 1 aromatic carbocycles. The number of morpholine rings is 1. The molecule has 2 fully saturated rings. The van der Waals surface area contributed by atoms with Crippen molar-refractivity contribution in [1.82, 2.24) is 9.80 Å². The van der Waals surface area contributed by atoms with Crippen molar-refractivity contribution >= 4 is 5.91 Å². The first-order valence-electron chi connectivity index (χ1n) is 8.52. The van der Waals surface area contributed by atoms with E-state index in [-0.39, 0.29) is 5.92 Å². The Morgan fingerprint density at radius 1 is 1.22 bits per heavy atom.